The molecular formula is C27H25F5O4. The Kier molecular flexibility index (Phi) is 8.11. The van der Waals surface area contributed by atoms with Gasteiger partial charge in [0.05, 0.1) is 24.4 Å². The van der Waals surface area contributed by atoms with Crippen molar-refractivity contribution in [2.75, 3.05) is 26.4 Å². The summed E-state index contributed by atoms with van der Waals surface area (Å²) in [4.78, 5) is 0. The minimum absolute atomic E-state index is 0.0468. The number of hydrogen-bond donors (Lipinski definition) is 1. The number of halogens is 5. The van der Waals surface area contributed by atoms with E-state index >= 15 is 0 Å². The molecule has 0 fully saturated rings. The molecule has 0 bridgehead atoms. The van der Waals surface area contributed by atoms with E-state index in [1.165, 1.54) is 0 Å². The fourth-order valence-electron chi connectivity index (χ4n) is 4.30. The Balaban J connectivity index is 1.77. The number of hydrogen-bond acceptors (Lipinski definition) is 4. The average molecular weight is 508 g/mol. The average Bonchev–Trinajstić information content (AvgIpc) is 2.88. The van der Waals surface area contributed by atoms with Crippen LogP contribution < -0.4 is 9.47 Å². The largest absolute Gasteiger partial charge is 0.491 e. The molecule has 1 heterocycles. The molecule has 0 saturated heterocycles. The molecule has 1 aliphatic rings. The lowest BCUT2D eigenvalue weighted by Gasteiger charge is -2.30. The first kappa shape index (κ1) is 25.9. The summed E-state index contributed by atoms with van der Waals surface area (Å²) in [5.74, 6) is -9.63. The molecule has 1 N–H and O–H groups in total. The zero-order valence-electron chi connectivity index (χ0n) is 19.3. The highest BCUT2D eigenvalue weighted by molar-refractivity contribution is 5.37. The SMILES string of the molecule is OC1(c2c(F)c(F)c(F)c(F)c2F)CCc2ccccc2OCCOCCOc2ccccc2CC1. The van der Waals surface area contributed by atoms with Crippen LogP contribution in [0.25, 0.3) is 0 Å². The van der Waals surface area contributed by atoms with Crippen LogP contribution in [-0.4, -0.2) is 31.5 Å². The van der Waals surface area contributed by atoms with E-state index in [1.807, 2.05) is 0 Å². The normalized spacial score (nSPS) is 16.8. The van der Waals surface area contributed by atoms with Crippen molar-refractivity contribution in [1.29, 1.82) is 0 Å². The van der Waals surface area contributed by atoms with Crippen molar-refractivity contribution < 1.29 is 41.3 Å². The van der Waals surface area contributed by atoms with Gasteiger partial charge in [0, 0.05) is 0 Å². The van der Waals surface area contributed by atoms with Gasteiger partial charge in [-0.05, 0) is 48.9 Å². The molecule has 0 aliphatic carbocycles. The van der Waals surface area contributed by atoms with Crippen LogP contribution in [0.15, 0.2) is 48.5 Å². The smallest absolute Gasteiger partial charge is 0.200 e. The van der Waals surface area contributed by atoms with Gasteiger partial charge in [-0.1, -0.05) is 36.4 Å². The summed E-state index contributed by atoms with van der Waals surface area (Å²) >= 11 is 0. The summed E-state index contributed by atoms with van der Waals surface area (Å²) in [7, 11) is 0. The summed E-state index contributed by atoms with van der Waals surface area (Å²) in [5, 5.41) is 11.6. The highest BCUT2D eigenvalue weighted by atomic mass is 19.2. The molecule has 4 rings (SSSR count). The Morgan fingerprint density at radius 3 is 1.47 bits per heavy atom. The maximum Gasteiger partial charge on any atom is 0.200 e. The van der Waals surface area contributed by atoms with E-state index in [0.29, 0.717) is 22.6 Å². The first-order valence-corrected chi connectivity index (χ1v) is 11.6. The van der Waals surface area contributed by atoms with Crippen LogP contribution in [0.4, 0.5) is 22.0 Å². The van der Waals surface area contributed by atoms with Gasteiger partial charge in [0.25, 0.3) is 0 Å². The zero-order chi connectivity index (χ0) is 25.7. The second-order valence-electron chi connectivity index (χ2n) is 8.50. The highest BCUT2D eigenvalue weighted by Crippen LogP contribution is 2.39. The molecule has 0 atom stereocenters. The maximum atomic E-state index is 14.9. The Morgan fingerprint density at radius 1 is 0.583 bits per heavy atom. The number of benzene rings is 3. The van der Waals surface area contributed by atoms with E-state index in [9.17, 15) is 27.1 Å². The van der Waals surface area contributed by atoms with E-state index in [2.05, 4.69) is 0 Å². The van der Waals surface area contributed by atoms with Crippen molar-refractivity contribution >= 4 is 0 Å². The standard InChI is InChI=1S/C27H25F5O4/c28-22-21(23(29)25(31)26(32)24(22)30)27(33)11-9-17-5-1-3-7-19(17)35-15-13-34-14-16-36-20-8-4-2-6-18(20)10-12-27/h1-8,33H,9-16H2. The van der Waals surface area contributed by atoms with Crippen LogP contribution in [0.5, 0.6) is 11.5 Å². The Bertz CT molecular complexity index is 1130. The van der Waals surface area contributed by atoms with E-state index < -0.39 is 40.3 Å². The van der Waals surface area contributed by atoms with Crippen LogP contribution in [0.1, 0.15) is 29.5 Å². The van der Waals surface area contributed by atoms with Crippen molar-refractivity contribution in [2.45, 2.75) is 31.3 Å². The number of fused-ring (bicyclic) bond motifs is 2. The fourth-order valence-corrected chi connectivity index (χ4v) is 4.30. The molecule has 1 aliphatic heterocycles. The second-order valence-corrected chi connectivity index (χ2v) is 8.50. The second kappa shape index (κ2) is 11.3. The molecule has 3 aromatic carbocycles. The monoisotopic (exact) mass is 508 g/mol. The van der Waals surface area contributed by atoms with Gasteiger partial charge < -0.3 is 19.3 Å². The van der Waals surface area contributed by atoms with Crippen LogP contribution in [0.2, 0.25) is 0 Å². The lowest BCUT2D eigenvalue weighted by atomic mass is 9.81. The molecule has 9 heteroatoms. The van der Waals surface area contributed by atoms with Crippen molar-refractivity contribution in [1.82, 2.24) is 0 Å². The van der Waals surface area contributed by atoms with Gasteiger partial charge in [-0.15, -0.1) is 0 Å². The quantitative estimate of drug-likeness (QED) is 0.263. The van der Waals surface area contributed by atoms with Crippen molar-refractivity contribution in [3.8, 4) is 11.5 Å². The fraction of sp³-hybridized carbons (Fsp3) is 0.333. The summed E-state index contributed by atoms with van der Waals surface area (Å²) in [5.41, 5.74) is -2.42. The molecule has 192 valence electrons. The van der Waals surface area contributed by atoms with Crippen molar-refractivity contribution in [3.05, 3.63) is 94.3 Å². The lowest BCUT2D eigenvalue weighted by molar-refractivity contribution is 0.00962. The Labute approximate surface area is 205 Å². The molecule has 0 aromatic heterocycles. The topological polar surface area (TPSA) is 47.9 Å². The third-order valence-electron chi connectivity index (χ3n) is 6.21. The van der Waals surface area contributed by atoms with Crippen LogP contribution in [-0.2, 0) is 23.2 Å². The molecule has 36 heavy (non-hydrogen) atoms. The number of rotatable bonds is 1. The van der Waals surface area contributed by atoms with E-state index in [4.69, 9.17) is 14.2 Å². The van der Waals surface area contributed by atoms with E-state index in [1.54, 1.807) is 48.5 Å². The molecule has 0 amide bonds. The van der Waals surface area contributed by atoms with Gasteiger partial charge >= 0.3 is 0 Å². The zero-order valence-corrected chi connectivity index (χ0v) is 19.3. The molecule has 4 nitrogen and oxygen atoms in total. The number of aliphatic hydroxyl groups is 1. The third kappa shape index (κ3) is 5.47. The number of aryl methyl sites for hydroxylation is 2. The minimum Gasteiger partial charge on any atom is -0.491 e. The molecule has 0 unspecified atom stereocenters. The lowest BCUT2D eigenvalue weighted by Crippen LogP contribution is -2.32. The predicted octanol–water partition coefficient (Wildman–Crippen LogP) is 5.62. The van der Waals surface area contributed by atoms with Crippen LogP contribution >= 0.6 is 0 Å². The van der Waals surface area contributed by atoms with Crippen molar-refractivity contribution in [3.63, 3.8) is 0 Å². The van der Waals surface area contributed by atoms with Gasteiger partial charge in [0.1, 0.15) is 24.7 Å². The molecule has 0 spiro atoms. The van der Waals surface area contributed by atoms with Gasteiger partial charge in [-0.2, -0.15) is 0 Å². The Hall–Kier alpha value is -3.17. The van der Waals surface area contributed by atoms with Crippen molar-refractivity contribution in [2.24, 2.45) is 0 Å². The summed E-state index contributed by atoms with van der Waals surface area (Å²) < 4.78 is 88.7. The predicted molar refractivity (Wildman–Crippen MR) is 121 cm³/mol. The minimum atomic E-state index is -2.38. The molecule has 0 radical (unpaired) electrons. The van der Waals surface area contributed by atoms with E-state index in [-0.39, 0.29) is 52.1 Å². The number of para-hydroxylation sites is 2. The summed E-state index contributed by atoms with van der Waals surface area (Å²) in [6, 6.07) is 13.7. The van der Waals surface area contributed by atoms with Gasteiger partial charge in [0.15, 0.2) is 23.3 Å². The first-order valence-electron chi connectivity index (χ1n) is 11.6. The van der Waals surface area contributed by atoms with Gasteiger partial charge in [-0.3, -0.25) is 0 Å². The first-order chi connectivity index (χ1) is 17.3. The molecule has 3 aromatic rings. The van der Waals surface area contributed by atoms with E-state index in [0.717, 1.165) is 0 Å². The van der Waals surface area contributed by atoms with Gasteiger partial charge in [0.2, 0.25) is 5.82 Å². The van der Waals surface area contributed by atoms with Crippen LogP contribution in [0.3, 0.4) is 0 Å². The summed E-state index contributed by atoms with van der Waals surface area (Å²) in [6.07, 6.45) is -0.563. The maximum absolute atomic E-state index is 14.9. The molecule has 0 saturated carbocycles. The van der Waals surface area contributed by atoms with Gasteiger partial charge in [-0.25, -0.2) is 22.0 Å². The summed E-state index contributed by atoms with van der Waals surface area (Å²) in [6.45, 7) is 1.01. The van der Waals surface area contributed by atoms with Crippen LogP contribution in [0, 0.1) is 29.1 Å². The third-order valence-corrected chi connectivity index (χ3v) is 6.21. The Morgan fingerprint density at radius 2 is 1.00 bits per heavy atom. The highest BCUT2D eigenvalue weighted by Gasteiger charge is 2.40. The number of ether oxygens (including phenoxy) is 3. The molecular weight excluding hydrogens is 483 g/mol.